The lowest BCUT2D eigenvalue weighted by molar-refractivity contribution is -0.175. The Morgan fingerprint density at radius 2 is 2.05 bits per heavy atom. The Morgan fingerprint density at radius 3 is 2.63 bits per heavy atom. The quantitative estimate of drug-likeness (QED) is 0.807. The van der Waals surface area contributed by atoms with Gasteiger partial charge in [-0.1, -0.05) is 0 Å². The Labute approximate surface area is 107 Å². The lowest BCUT2D eigenvalue weighted by Crippen LogP contribution is -2.19. The number of aromatic nitrogens is 1. The van der Waals surface area contributed by atoms with Crippen LogP contribution in [0.2, 0.25) is 0 Å². The first-order valence-corrected chi connectivity index (χ1v) is 5.28. The van der Waals surface area contributed by atoms with Crippen LogP contribution in [0.5, 0.6) is 5.75 Å². The van der Waals surface area contributed by atoms with E-state index in [-0.39, 0.29) is 24.7 Å². The van der Waals surface area contributed by atoms with Gasteiger partial charge in [-0.15, -0.1) is 0 Å². The van der Waals surface area contributed by atoms with E-state index in [1.807, 2.05) is 0 Å². The molecule has 1 heterocycles. The number of hydrogen-bond donors (Lipinski definition) is 1. The van der Waals surface area contributed by atoms with Crippen molar-refractivity contribution in [1.82, 2.24) is 4.98 Å². The van der Waals surface area contributed by atoms with Gasteiger partial charge >= 0.3 is 12.1 Å². The molecule has 0 atom stereocenters. The summed E-state index contributed by atoms with van der Waals surface area (Å²) in [7, 11) is 0. The van der Waals surface area contributed by atoms with E-state index in [4.69, 9.17) is 9.84 Å². The van der Waals surface area contributed by atoms with Crippen molar-refractivity contribution in [2.24, 2.45) is 0 Å². The molecule has 0 spiro atoms. The molecule has 0 fully saturated rings. The molecule has 0 amide bonds. The summed E-state index contributed by atoms with van der Waals surface area (Å²) in [4.78, 5) is 14.6. The van der Waals surface area contributed by atoms with Crippen LogP contribution in [-0.2, 0) is 4.74 Å². The maximum Gasteiger partial charge on any atom is 0.411 e. The summed E-state index contributed by atoms with van der Waals surface area (Å²) in [5.74, 6) is -1.27. The van der Waals surface area contributed by atoms with Crippen molar-refractivity contribution >= 4 is 5.97 Å². The summed E-state index contributed by atoms with van der Waals surface area (Å²) in [6.45, 7) is -0.246. The van der Waals surface area contributed by atoms with Crippen molar-refractivity contribution in [2.45, 2.75) is 13.1 Å². The second-order valence-corrected chi connectivity index (χ2v) is 3.62. The molecule has 0 aromatic carbocycles. The highest BCUT2D eigenvalue weighted by Crippen LogP contribution is 2.17. The molecule has 5 nitrogen and oxygen atoms in total. The van der Waals surface area contributed by atoms with E-state index in [1.54, 1.807) is 13.0 Å². The minimum atomic E-state index is -4.39. The van der Waals surface area contributed by atoms with E-state index in [2.05, 4.69) is 9.72 Å². The summed E-state index contributed by atoms with van der Waals surface area (Å²) in [5.41, 5.74) is 0.217. The smallest absolute Gasteiger partial charge is 0.411 e. The average Bonchev–Trinajstić information content (AvgIpc) is 2.28. The zero-order chi connectivity index (χ0) is 14.5. The molecular formula is C11H12F3NO4. The zero-order valence-corrected chi connectivity index (χ0v) is 10.0. The largest absolute Gasteiger partial charge is 0.489 e. The fourth-order valence-corrected chi connectivity index (χ4v) is 1.21. The Hall–Kier alpha value is -1.83. The molecule has 106 valence electrons. The summed E-state index contributed by atoms with van der Waals surface area (Å²) in [6.07, 6.45) is -4.39. The molecule has 0 saturated heterocycles. The number of carbonyl (C=O) groups is 1. The number of carboxylic acid groups (broad SMARTS) is 1. The van der Waals surface area contributed by atoms with Crippen LogP contribution in [0.25, 0.3) is 0 Å². The number of aryl methyl sites for hydroxylation is 1. The predicted octanol–water partition coefficient (Wildman–Crippen LogP) is 2.05. The van der Waals surface area contributed by atoms with Crippen molar-refractivity contribution in [3.05, 3.63) is 23.5 Å². The van der Waals surface area contributed by atoms with Gasteiger partial charge in [-0.3, -0.25) is 0 Å². The molecule has 0 saturated carbocycles. The van der Waals surface area contributed by atoms with Gasteiger partial charge in [0.1, 0.15) is 13.2 Å². The molecule has 0 aliphatic carbocycles. The number of aromatic carboxylic acids is 1. The van der Waals surface area contributed by atoms with Crippen LogP contribution in [0.3, 0.4) is 0 Å². The van der Waals surface area contributed by atoms with Crippen molar-refractivity contribution in [3.63, 3.8) is 0 Å². The van der Waals surface area contributed by atoms with Crippen LogP contribution in [0.1, 0.15) is 16.2 Å². The van der Waals surface area contributed by atoms with Gasteiger partial charge in [0.05, 0.1) is 6.61 Å². The van der Waals surface area contributed by atoms with Crippen LogP contribution in [-0.4, -0.2) is 42.1 Å². The van der Waals surface area contributed by atoms with E-state index >= 15 is 0 Å². The van der Waals surface area contributed by atoms with Crippen LogP contribution in [0.4, 0.5) is 13.2 Å². The van der Waals surface area contributed by atoms with E-state index in [1.165, 1.54) is 6.07 Å². The van der Waals surface area contributed by atoms with Gasteiger partial charge in [0, 0.05) is 5.69 Å². The number of nitrogens with zero attached hydrogens (tertiary/aromatic N) is 1. The van der Waals surface area contributed by atoms with Crippen molar-refractivity contribution < 1.29 is 32.5 Å². The molecular weight excluding hydrogens is 267 g/mol. The van der Waals surface area contributed by atoms with Gasteiger partial charge < -0.3 is 14.6 Å². The highest BCUT2D eigenvalue weighted by Gasteiger charge is 2.27. The standard InChI is InChI=1S/C11H12F3NO4/c1-7-2-3-8(9(15-7)10(16)17)19-5-4-18-6-11(12,13)14/h2-3H,4-6H2,1H3,(H,16,17). The van der Waals surface area contributed by atoms with Gasteiger partial charge in [-0.2, -0.15) is 13.2 Å². The molecule has 8 heteroatoms. The van der Waals surface area contributed by atoms with Crippen molar-refractivity contribution in [1.29, 1.82) is 0 Å². The van der Waals surface area contributed by atoms with Gasteiger partial charge in [0.25, 0.3) is 0 Å². The number of hydrogen-bond acceptors (Lipinski definition) is 4. The number of rotatable bonds is 6. The molecule has 1 rings (SSSR count). The third kappa shape index (κ3) is 5.56. The van der Waals surface area contributed by atoms with Gasteiger partial charge in [-0.05, 0) is 19.1 Å². The average molecular weight is 279 g/mol. The third-order valence-electron chi connectivity index (χ3n) is 1.95. The molecule has 0 radical (unpaired) electrons. The second-order valence-electron chi connectivity index (χ2n) is 3.62. The van der Waals surface area contributed by atoms with E-state index in [0.717, 1.165) is 0 Å². The lowest BCUT2D eigenvalue weighted by atomic mass is 10.3. The lowest BCUT2D eigenvalue weighted by Gasteiger charge is -2.10. The first kappa shape index (κ1) is 15.2. The number of ether oxygens (including phenoxy) is 2. The Balaban J connectivity index is 2.47. The molecule has 0 aliphatic rings. The highest BCUT2D eigenvalue weighted by molar-refractivity contribution is 5.88. The molecule has 0 bridgehead atoms. The summed E-state index contributed by atoms with van der Waals surface area (Å²) < 4.78 is 44.7. The van der Waals surface area contributed by atoms with Crippen molar-refractivity contribution in [3.8, 4) is 5.75 Å². The van der Waals surface area contributed by atoms with Crippen LogP contribution >= 0.6 is 0 Å². The minimum Gasteiger partial charge on any atom is -0.489 e. The molecule has 0 aliphatic heterocycles. The maximum absolute atomic E-state index is 11.8. The zero-order valence-electron chi connectivity index (χ0n) is 10.0. The Kier molecular flexibility index (Phi) is 5.11. The maximum atomic E-state index is 11.8. The fourth-order valence-electron chi connectivity index (χ4n) is 1.21. The molecule has 1 aromatic heterocycles. The monoisotopic (exact) mass is 279 g/mol. The van der Waals surface area contributed by atoms with E-state index < -0.39 is 18.8 Å². The van der Waals surface area contributed by atoms with Crippen molar-refractivity contribution in [2.75, 3.05) is 19.8 Å². The van der Waals surface area contributed by atoms with Crippen LogP contribution in [0, 0.1) is 6.92 Å². The first-order chi connectivity index (χ1) is 8.79. The predicted molar refractivity (Wildman–Crippen MR) is 58.3 cm³/mol. The Morgan fingerprint density at radius 1 is 1.37 bits per heavy atom. The van der Waals surface area contributed by atoms with Gasteiger partial charge in [0.2, 0.25) is 0 Å². The molecule has 1 aromatic rings. The minimum absolute atomic E-state index is 0.00583. The van der Waals surface area contributed by atoms with Crippen LogP contribution in [0.15, 0.2) is 12.1 Å². The normalized spacial score (nSPS) is 11.4. The van der Waals surface area contributed by atoms with E-state index in [0.29, 0.717) is 5.69 Å². The molecule has 19 heavy (non-hydrogen) atoms. The first-order valence-electron chi connectivity index (χ1n) is 5.28. The highest BCUT2D eigenvalue weighted by atomic mass is 19.4. The fraction of sp³-hybridized carbons (Fsp3) is 0.455. The topological polar surface area (TPSA) is 68.7 Å². The number of pyridine rings is 1. The van der Waals surface area contributed by atoms with Crippen LogP contribution < -0.4 is 4.74 Å². The number of carboxylic acids is 1. The number of halogens is 3. The second kappa shape index (κ2) is 6.37. The van der Waals surface area contributed by atoms with Gasteiger partial charge in [0.15, 0.2) is 11.4 Å². The van der Waals surface area contributed by atoms with Gasteiger partial charge in [-0.25, -0.2) is 9.78 Å². The molecule has 1 N–H and O–H groups in total. The third-order valence-corrected chi connectivity index (χ3v) is 1.95. The SMILES string of the molecule is Cc1ccc(OCCOCC(F)(F)F)c(C(=O)O)n1. The number of alkyl halides is 3. The summed E-state index contributed by atoms with van der Waals surface area (Å²) in [6, 6.07) is 2.94. The summed E-state index contributed by atoms with van der Waals surface area (Å²) >= 11 is 0. The Bertz CT molecular complexity index is 448. The van der Waals surface area contributed by atoms with E-state index in [9.17, 15) is 18.0 Å². The summed E-state index contributed by atoms with van der Waals surface area (Å²) in [5, 5.41) is 8.88. The molecule has 0 unspecified atom stereocenters.